The lowest BCUT2D eigenvalue weighted by atomic mass is 10.1. The molecule has 0 spiro atoms. The molecule has 100 valence electrons. The number of nitrogens with two attached hydrogens (primary N) is 1. The SMILES string of the molecule is COc1ccccc1-c1cn(CCN)nn1.Cl.Cl. The predicted molar refractivity (Wildman–Crippen MR) is 75.6 cm³/mol. The minimum absolute atomic E-state index is 0. The number of benzene rings is 1. The molecule has 2 rings (SSSR count). The molecular formula is C11H16Cl2N4O. The van der Waals surface area contributed by atoms with E-state index in [0.717, 1.165) is 17.0 Å². The van der Waals surface area contributed by atoms with Crippen molar-refractivity contribution in [2.75, 3.05) is 13.7 Å². The number of methoxy groups -OCH3 is 1. The number of aromatic nitrogens is 3. The Morgan fingerprint density at radius 2 is 2.00 bits per heavy atom. The van der Waals surface area contributed by atoms with Crippen LogP contribution in [0.3, 0.4) is 0 Å². The van der Waals surface area contributed by atoms with Crippen molar-refractivity contribution in [3.8, 4) is 17.0 Å². The molecule has 0 amide bonds. The van der Waals surface area contributed by atoms with Crippen LogP contribution in [0.25, 0.3) is 11.3 Å². The zero-order chi connectivity index (χ0) is 11.4. The van der Waals surface area contributed by atoms with Crippen LogP contribution in [0.15, 0.2) is 30.5 Å². The van der Waals surface area contributed by atoms with E-state index in [-0.39, 0.29) is 24.8 Å². The van der Waals surface area contributed by atoms with Crippen molar-refractivity contribution in [2.45, 2.75) is 6.54 Å². The van der Waals surface area contributed by atoms with Crippen LogP contribution in [0.2, 0.25) is 0 Å². The van der Waals surface area contributed by atoms with Crippen LogP contribution < -0.4 is 10.5 Å². The summed E-state index contributed by atoms with van der Waals surface area (Å²) in [7, 11) is 1.64. The van der Waals surface area contributed by atoms with Gasteiger partial charge in [0.1, 0.15) is 11.4 Å². The average molecular weight is 291 g/mol. The molecule has 2 aromatic rings. The van der Waals surface area contributed by atoms with E-state index in [9.17, 15) is 0 Å². The summed E-state index contributed by atoms with van der Waals surface area (Å²) in [5.41, 5.74) is 7.19. The lowest BCUT2D eigenvalue weighted by molar-refractivity contribution is 0.416. The molecule has 0 radical (unpaired) electrons. The number of nitrogens with zero attached hydrogens (tertiary/aromatic N) is 3. The van der Waals surface area contributed by atoms with E-state index in [1.165, 1.54) is 0 Å². The van der Waals surface area contributed by atoms with Gasteiger partial charge in [0, 0.05) is 12.1 Å². The molecular weight excluding hydrogens is 275 g/mol. The second kappa shape index (κ2) is 7.92. The van der Waals surface area contributed by atoms with Crippen molar-refractivity contribution in [3.05, 3.63) is 30.5 Å². The molecule has 7 heteroatoms. The highest BCUT2D eigenvalue weighted by molar-refractivity contribution is 5.85. The van der Waals surface area contributed by atoms with Gasteiger partial charge in [0.15, 0.2) is 0 Å². The van der Waals surface area contributed by atoms with Gasteiger partial charge in [-0.05, 0) is 12.1 Å². The first-order valence-corrected chi connectivity index (χ1v) is 5.08. The normalized spacial score (nSPS) is 9.22. The molecule has 1 aromatic heterocycles. The van der Waals surface area contributed by atoms with Gasteiger partial charge in [-0.2, -0.15) is 0 Å². The van der Waals surface area contributed by atoms with Crippen molar-refractivity contribution < 1.29 is 4.74 Å². The van der Waals surface area contributed by atoms with E-state index in [0.29, 0.717) is 13.1 Å². The van der Waals surface area contributed by atoms with E-state index in [4.69, 9.17) is 10.5 Å². The Labute approximate surface area is 118 Å². The van der Waals surface area contributed by atoms with Crippen LogP contribution in [-0.4, -0.2) is 28.6 Å². The zero-order valence-corrected chi connectivity index (χ0v) is 11.6. The molecule has 0 atom stereocenters. The monoisotopic (exact) mass is 290 g/mol. The fourth-order valence-corrected chi connectivity index (χ4v) is 1.52. The average Bonchev–Trinajstić information content (AvgIpc) is 2.78. The molecule has 18 heavy (non-hydrogen) atoms. The molecule has 0 aliphatic heterocycles. The summed E-state index contributed by atoms with van der Waals surface area (Å²) < 4.78 is 6.99. The first-order chi connectivity index (χ1) is 7.85. The third kappa shape index (κ3) is 3.60. The van der Waals surface area contributed by atoms with Crippen molar-refractivity contribution >= 4 is 24.8 Å². The molecule has 1 aromatic carbocycles. The molecule has 5 nitrogen and oxygen atoms in total. The lowest BCUT2D eigenvalue weighted by Gasteiger charge is -2.04. The van der Waals surface area contributed by atoms with E-state index in [1.54, 1.807) is 11.8 Å². The van der Waals surface area contributed by atoms with Crippen LogP contribution in [-0.2, 0) is 6.54 Å². The fourth-order valence-electron chi connectivity index (χ4n) is 1.52. The third-order valence-corrected chi connectivity index (χ3v) is 2.28. The molecule has 0 aliphatic rings. The number of rotatable bonds is 4. The van der Waals surface area contributed by atoms with Gasteiger partial charge in [-0.3, -0.25) is 4.68 Å². The Morgan fingerprint density at radius 3 is 2.67 bits per heavy atom. The molecule has 0 saturated carbocycles. The Hall–Kier alpha value is -1.30. The first-order valence-electron chi connectivity index (χ1n) is 5.08. The van der Waals surface area contributed by atoms with E-state index in [1.807, 2.05) is 30.5 Å². The molecule has 0 saturated heterocycles. The van der Waals surface area contributed by atoms with Crippen LogP contribution in [0, 0.1) is 0 Å². The first kappa shape index (κ1) is 16.7. The highest BCUT2D eigenvalue weighted by Crippen LogP contribution is 2.27. The summed E-state index contributed by atoms with van der Waals surface area (Å²) >= 11 is 0. The van der Waals surface area contributed by atoms with Gasteiger partial charge in [-0.25, -0.2) is 0 Å². The van der Waals surface area contributed by atoms with Crippen molar-refractivity contribution in [2.24, 2.45) is 5.73 Å². The second-order valence-corrected chi connectivity index (χ2v) is 3.36. The number of ether oxygens (including phenoxy) is 1. The Bertz CT molecular complexity index is 476. The summed E-state index contributed by atoms with van der Waals surface area (Å²) in [5.74, 6) is 0.794. The fraction of sp³-hybridized carbons (Fsp3) is 0.273. The van der Waals surface area contributed by atoms with Crippen LogP contribution in [0.4, 0.5) is 0 Å². The van der Waals surface area contributed by atoms with Crippen molar-refractivity contribution in [1.82, 2.24) is 15.0 Å². The van der Waals surface area contributed by atoms with E-state index >= 15 is 0 Å². The van der Waals surface area contributed by atoms with Gasteiger partial charge in [-0.1, -0.05) is 17.3 Å². The molecule has 2 N–H and O–H groups in total. The van der Waals surface area contributed by atoms with Crippen LogP contribution >= 0.6 is 24.8 Å². The summed E-state index contributed by atoms with van der Waals surface area (Å²) in [5, 5.41) is 8.08. The van der Waals surface area contributed by atoms with E-state index < -0.39 is 0 Å². The molecule has 0 unspecified atom stereocenters. The van der Waals surface area contributed by atoms with Gasteiger partial charge in [0.25, 0.3) is 0 Å². The Kier molecular flexibility index (Phi) is 7.35. The molecule has 1 heterocycles. The van der Waals surface area contributed by atoms with Crippen molar-refractivity contribution in [1.29, 1.82) is 0 Å². The van der Waals surface area contributed by atoms with Gasteiger partial charge >= 0.3 is 0 Å². The second-order valence-electron chi connectivity index (χ2n) is 3.36. The minimum atomic E-state index is 0. The highest BCUT2D eigenvalue weighted by Gasteiger charge is 2.08. The number of para-hydroxylation sites is 1. The summed E-state index contributed by atoms with van der Waals surface area (Å²) in [6, 6.07) is 7.72. The summed E-state index contributed by atoms with van der Waals surface area (Å²) in [4.78, 5) is 0. The van der Waals surface area contributed by atoms with Gasteiger partial charge < -0.3 is 10.5 Å². The standard InChI is InChI=1S/C11H14N4O.2ClH/c1-16-11-5-3-2-4-9(11)10-8-15(7-6-12)14-13-10;;/h2-5,8H,6-7,12H2,1H3;2*1H. The smallest absolute Gasteiger partial charge is 0.128 e. The number of hydrogen-bond acceptors (Lipinski definition) is 4. The Balaban J connectivity index is 0.00000144. The quantitative estimate of drug-likeness (QED) is 0.932. The molecule has 0 aliphatic carbocycles. The topological polar surface area (TPSA) is 66.0 Å². The van der Waals surface area contributed by atoms with E-state index in [2.05, 4.69) is 10.3 Å². The van der Waals surface area contributed by atoms with Crippen LogP contribution in [0.1, 0.15) is 0 Å². The number of hydrogen-bond donors (Lipinski definition) is 1. The Morgan fingerprint density at radius 1 is 1.28 bits per heavy atom. The van der Waals surface area contributed by atoms with Crippen LogP contribution in [0.5, 0.6) is 5.75 Å². The van der Waals surface area contributed by atoms with Gasteiger partial charge in [0.2, 0.25) is 0 Å². The van der Waals surface area contributed by atoms with Gasteiger partial charge in [-0.15, -0.1) is 29.9 Å². The lowest BCUT2D eigenvalue weighted by Crippen LogP contribution is -2.10. The minimum Gasteiger partial charge on any atom is -0.496 e. The third-order valence-electron chi connectivity index (χ3n) is 2.28. The molecule has 0 fully saturated rings. The largest absolute Gasteiger partial charge is 0.496 e. The maximum Gasteiger partial charge on any atom is 0.128 e. The predicted octanol–water partition coefficient (Wildman–Crippen LogP) is 1.76. The summed E-state index contributed by atoms with van der Waals surface area (Å²) in [6.07, 6.45) is 1.87. The summed E-state index contributed by atoms with van der Waals surface area (Å²) in [6.45, 7) is 1.22. The highest BCUT2D eigenvalue weighted by atomic mass is 35.5. The number of halogens is 2. The van der Waals surface area contributed by atoms with Gasteiger partial charge in [0.05, 0.1) is 19.9 Å². The zero-order valence-electron chi connectivity index (χ0n) is 9.94. The maximum absolute atomic E-state index is 5.45. The maximum atomic E-state index is 5.45. The molecule has 0 bridgehead atoms. The van der Waals surface area contributed by atoms with Crippen molar-refractivity contribution in [3.63, 3.8) is 0 Å².